The molecule has 0 saturated carbocycles. The number of carbonyl (C=O) groups excluding carboxylic acids is 1. The van der Waals surface area contributed by atoms with E-state index in [0.29, 0.717) is 6.54 Å². The molecule has 0 saturated heterocycles. The Morgan fingerprint density at radius 2 is 2.05 bits per heavy atom. The van der Waals surface area contributed by atoms with E-state index in [2.05, 4.69) is 15.6 Å². The molecule has 1 amide bonds. The summed E-state index contributed by atoms with van der Waals surface area (Å²) in [5.41, 5.74) is 0.816. The highest BCUT2D eigenvalue weighted by molar-refractivity contribution is 5.89. The molecule has 0 rings (SSSR count). The van der Waals surface area contributed by atoms with Gasteiger partial charge in [0.25, 0.3) is 6.43 Å². The van der Waals surface area contributed by atoms with Gasteiger partial charge in [0.15, 0.2) is 0 Å². The van der Waals surface area contributed by atoms with Crippen LogP contribution in [0.3, 0.4) is 0 Å². The zero-order chi connectivity index (χ0) is 15.5. The van der Waals surface area contributed by atoms with Gasteiger partial charge < -0.3 is 10.6 Å². The molecule has 2 N–H and O–H groups in total. The van der Waals surface area contributed by atoms with Crippen LogP contribution >= 0.6 is 0 Å². The maximum atomic E-state index is 12.2. The topological polar surface area (TPSA) is 56.7 Å². The Balaban J connectivity index is 4.05. The lowest BCUT2D eigenvalue weighted by molar-refractivity contribution is -0.119. The van der Waals surface area contributed by atoms with Gasteiger partial charge in [-0.1, -0.05) is 0 Å². The summed E-state index contributed by atoms with van der Waals surface area (Å²) in [6.07, 6.45) is 1.02. The minimum absolute atomic E-state index is 0.0316. The molecule has 0 aliphatic heterocycles. The Kier molecular flexibility index (Phi) is 9.53. The summed E-state index contributed by atoms with van der Waals surface area (Å²) in [6.45, 7) is 4.02. The molecule has 1 atom stereocenters. The first-order valence-electron chi connectivity index (χ1n) is 6.47. The smallest absolute Gasteiger partial charge is 0.251 e. The van der Waals surface area contributed by atoms with Crippen molar-refractivity contribution in [2.24, 2.45) is 4.99 Å². The first-order valence-corrected chi connectivity index (χ1v) is 6.47. The average molecular weight is 290 g/mol. The van der Waals surface area contributed by atoms with E-state index in [-0.39, 0.29) is 24.9 Å². The summed E-state index contributed by atoms with van der Waals surface area (Å²) < 4.78 is 24.3. The van der Waals surface area contributed by atoms with Crippen molar-refractivity contribution in [2.75, 3.05) is 27.2 Å². The molecule has 0 radical (unpaired) electrons. The van der Waals surface area contributed by atoms with Gasteiger partial charge in [0.05, 0.1) is 13.0 Å². The maximum Gasteiger partial charge on any atom is 0.251 e. The van der Waals surface area contributed by atoms with Crippen molar-refractivity contribution < 1.29 is 13.6 Å². The molecule has 20 heavy (non-hydrogen) atoms. The predicted molar refractivity (Wildman–Crippen MR) is 77.0 cm³/mol. The number of nitrogens with one attached hydrogen (secondary N) is 2. The Bertz CT molecular complexity index is 345. The normalized spacial score (nSPS) is 14.1. The second-order valence-electron chi connectivity index (χ2n) is 4.68. The van der Waals surface area contributed by atoms with Gasteiger partial charge in [0.2, 0.25) is 5.91 Å². The summed E-state index contributed by atoms with van der Waals surface area (Å²) in [5.74, 6) is -0.102. The number of rotatable bonds is 9. The van der Waals surface area contributed by atoms with Crippen molar-refractivity contribution in [3.05, 3.63) is 11.9 Å². The van der Waals surface area contributed by atoms with E-state index in [1.54, 1.807) is 25.2 Å². The Morgan fingerprint density at radius 3 is 2.60 bits per heavy atom. The van der Waals surface area contributed by atoms with Gasteiger partial charge in [-0.3, -0.25) is 14.7 Å². The van der Waals surface area contributed by atoms with Crippen LogP contribution in [0.15, 0.2) is 16.9 Å². The van der Waals surface area contributed by atoms with Gasteiger partial charge in [0.1, 0.15) is 0 Å². The second kappa shape index (κ2) is 10.3. The third kappa shape index (κ3) is 10.4. The number of nitrogens with zero attached hydrogens (tertiary/aromatic N) is 2. The van der Waals surface area contributed by atoms with Gasteiger partial charge in [-0.25, -0.2) is 8.78 Å². The number of hydrogen-bond donors (Lipinski definition) is 2. The Hall–Kier alpha value is -1.50. The lowest BCUT2D eigenvalue weighted by Gasteiger charge is -2.22. The standard InChI is InChI=1S/C13H24F2N4O/c1-10(7-17-6-5-13(20)16-3)18-11(2)8-19(4)9-12(14)15/h6-7,11-12,18H,5,8-9H2,1-4H3,(H,16,20)/b10-7+,17-6?. The highest BCUT2D eigenvalue weighted by Gasteiger charge is 2.10. The van der Waals surface area contributed by atoms with Crippen LogP contribution in [0, 0.1) is 0 Å². The molecular formula is C13H24F2N4O. The van der Waals surface area contributed by atoms with Crippen LogP contribution in [0.1, 0.15) is 20.3 Å². The molecule has 0 aromatic carbocycles. The zero-order valence-corrected chi connectivity index (χ0v) is 12.5. The molecule has 0 heterocycles. The number of aliphatic imine (C=N–C) groups is 1. The molecule has 7 heteroatoms. The molecule has 5 nitrogen and oxygen atoms in total. The van der Waals surface area contributed by atoms with E-state index in [0.717, 1.165) is 5.70 Å². The van der Waals surface area contributed by atoms with Gasteiger partial charge in [-0.15, -0.1) is 0 Å². The Morgan fingerprint density at radius 1 is 1.40 bits per heavy atom. The van der Waals surface area contributed by atoms with E-state index < -0.39 is 6.43 Å². The van der Waals surface area contributed by atoms with Crippen molar-refractivity contribution in [1.82, 2.24) is 15.5 Å². The monoisotopic (exact) mass is 290 g/mol. The maximum absolute atomic E-state index is 12.2. The summed E-state index contributed by atoms with van der Waals surface area (Å²) in [6, 6.07) is 0.0316. The van der Waals surface area contributed by atoms with Gasteiger partial charge >= 0.3 is 0 Å². The van der Waals surface area contributed by atoms with E-state index in [1.807, 2.05) is 13.8 Å². The number of allylic oxidation sites excluding steroid dienone is 1. The van der Waals surface area contributed by atoms with E-state index in [1.165, 1.54) is 6.21 Å². The van der Waals surface area contributed by atoms with Crippen molar-refractivity contribution >= 4 is 12.1 Å². The quantitative estimate of drug-likeness (QED) is 0.628. The fraction of sp³-hybridized carbons (Fsp3) is 0.692. The molecule has 116 valence electrons. The van der Waals surface area contributed by atoms with Crippen LogP contribution < -0.4 is 10.6 Å². The number of halogens is 2. The first-order chi connectivity index (χ1) is 9.35. The van der Waals surface area contributed by atoms with Crippen molar-refractivity contribution in [2.45, 2.75) is 32.7 Å². The van der Waals surface area contributed by atoms with Crippen molar-refractivity contribution in [3.63, 3.8) is 0 Å². The lowest BCUT2D eigenvalue weighted by atomic mass is 10.3. The highest BCUT2D eigenvalue weighted by Crippen LogP contribution is 1.98. The van der Waals surface area contributed by atoms with Crippen LogP contribution in [0.25, 0.3) is 0 Å². The molecule has 0 bridgehead atoms. The third-order valence-electron chi connectivity index (χ3n) is 2.44. The van der Waals surface area contributed by atoms with Gasteiger partial charge in [-0.2, -0.15) is 0 Å². The van der Waals surface area contributed by atoms with Gasteiger partial charge in [-0.05, 0) is 20.9 Å². The predicted octanol–water partition coefficient (Wildman–Crippen LogP) is 1.23. The molecule has 1 unspecified atom stereocenters. The second-order valence-corrected chi connectivity index (χ2v) is 4.68. The average Bonchev–Trinajstić information content (AvgIpc) is 2.32. The fourth-order valence-corrected chi connectivity index (χ4v) is 1.65. The summed E-state index contributed by atoms with van der Waals surface area (Å²) in [4.78, 5) is 16.5. The summed E-state index contributed by atoms with van der Waals surface area (Å²) >= 11 is 0. The van der Waals surface area contributed by atoms with Gasteiger partial charge in [0, 0.05) is 37.7 Å². The summed E-state index contributed by atoms with van der Waals surface area (Å²) in [7, 11) is 3.22. The molecule has 0 aliphatic carbocycles. The van der Waals surface area contributed by atoms with Crippen LogP contribution in [0.2, 0.25) is 0 Å². The minimum Gasteiger partial charge on any atom is -0.384 e. The molecule has 0 aromatic rings. The van der Waals surface area contributed by atoms with E-state index in [9.17, 15) is 13.6 Å². The lowest BCUT2D eigenvalue weighted by Crippen LogP contribution is -2.38. The number of carbonyl (C=O) groups is 1. The van der Waals surface area contributed by atoms with Crippen molar-refractivity contribution in [1.29, 1.82) is 0 Å². The largest absolute Gasteiger partial charge is 0.384 e. The van der Waals surface area contributed by atoms with Crippen LogP contribution in [0.4, 0.5) is 8.78 Å². The fourth-order valence-electron chi connectivity index (χ4n) is 1.65. The van der Waals surface area contributed by atoms with E-state index >= 15 is 0 Å². The van der Waals surface area contributed by atoms with E-state index in [4.69, 9.17) is 0 Å². The molecule has 0 fully saturated rings. The summed E-state index contributed by atoms with van der Waals surface area (Å²) in [5, 5.41) is 5.64. The Labute approximate surface area is 119 Å². The number of hydrogen-bond acceptors (Lipinski definition) is 4. The van der Waals surface area contributed by atoms with Crippen LogP contribution in [-0.4, -0.2) is 56.7 Å². The number of alkyl halides is 2. The molecule has 0 spiro atoms. The molecular weight excluding hydrogens is 266 g/mol. The molecule has 0 aliphatic rings. The minimum atomic E-state index is -2.32. The van der Waals surface area contributed by atoms with Crippen LogP contribution in [-0.2, 0) is 4.79 Å². The first kappa shape index (κ1) is 18.5. The number of amides is 1. The molecule has 0 aromatic heterocycles. The SMILES string of the molecule is CNC(=O)CC=N/C=C(\C)NC(C)CN(C)CC(F)F. The van der Waals surface area contributed by atoms with Crippen LogP contribution in [0.5, 0.6) is 0 Å². The van der Waals surface area contributed by atoms with Crippen molar-refractivity contribution in [3.8, 4) is 0 Å². The highest BCUT2D eigenvalue weighted by atomic mass is 19.3. The zero-order valence-electron chi connectivity index (χ0n) is 12.5. The third-order valence-corrected chi connectivity index (χ3v) is 2.44. The number of likely N-dealkylation sites (N-methyl/N-ethyl adjacent to an activating group) is 1.